The molecule has 1 aromatic carbocycles. The standard InChI is InChI=1S/C17H17BrFN3O/c18-13-3-4-14(15(19)10-13)17(23)21-11-12-5-6-20-16(9-12)22-7-1-2-8-22/h3-6,9-10H,1-2,7-8,11H2,(H,21,23). The second-order valence-corrected chi connectivity index (χ2v) is 6.44. The van der Waals surface area contributed by atoms with Crippen LogP contribution in [0.25, 0.3) is 0 Å². The number of halogens is 2. The van der Waals surface area contributed by atoms with Crippen molar-refractivity contribution in [3.63, 3.8) is 0 Å². The van der Waals surface area contributed by atoms with Gasteiger partial charge in [0.05, 0.1) is 5.56 Å². The van der Waals surface area contributed by atoms with E-state index in [0.29, 0.717) is 11.0 Å². The molecule has 3 rings (SSSR count). The molecule has 1 N–H and O–H groups in total. The highest BCUT2D eigenvalue weighted by atomic mass is 79.9. The van der Waals surface area contributed by atoms with E-state index < -0.39 is 11.7 Å². The first-order valence-corrected chi connectivity index (χ1v) is 8.36. The van der Waals surface area contributed by atoms with Crippen LogP contribution in [0.1, 0.15) is 28.8 Å². The van der Waals surface area contributed by atoms with Gasteiger partial charge in [0.1, 0.15) is 11.6 Å². The molecule has 2 aromatic rings. The van der Waals surface area contributed by atoms with E-state index in [-0.39, 0.29) is 5.56 Å². The minimum absolute atomic E-state index is 0.0435. The summed E-state index contributed by atoms with van der Waals surface area (Å²) in [5.74, 6) is -0.0250. The molecule has 1 saturated heterocycles. The van der Waals surface area contributed by atoms with E-state index in [1.807, 2.05) is 12.1 Å². The molecular formula is C17H17BrFN3O. The predicted molar refractivity (Wildman–Crippen MR) is 91.0 cm³/mol. The highest BCUT2D eigenvalue weighted by molar-refractivity contribution is 9.10. The van der Waals surface area contributed by atoms with Crippen molar-refractivity contribution >= 4 is 27.7 Å². The average Bonchev–Trinajstić information content (AvgIpc) is 3.07. The summed E-state index contributed by atoms with van der Waals surface area (Å²) in [6.07, 6.45) is 4.12. The van der Waals surface area contributed by atoms with Crippen LogP contribution in [0.5, 0.6) is 0 Å². The van der Waals surface area contributed by atoms with Gasteiger partial charge < -0.3 is 10.2 Å². The molecule has 0 radical (unpaired) electrons. The molecule has 4 nitrogen and oxygen atoms in total. The number of benzene rings is 1. The van der Waals surface area contributed by atoms with Crippen LogP contribution in [0.4, 0.5) is 10.2 Å². The Bertz CT molecular complexity index is 717. The van der Waals surface area contributed by atoms with Gasteiger partial charge in [-0.25, -0.2) is 9.37 Å². The number of amides is 1. The normalized spacial score (nSPS) is 14.1. The fourth-order valence-electron chi connectivity index (χ4n) is 2.64. The third kappa shape index (κ3) is 3.88. The SMILES string of the molecule is O=C(NCc1ccnc(N2CCCC2)c1)c1ccc(Br)cc1F. The molecule has 0 aliphatic carbocycles. The maximum absolute atomic E-state index is 13.8. The van der Waals surface area contributed by atoms with Crippen LogP contribution in [0.3, 0.4) is 0 Å². The zero-order valence-electron chi connectivity index (χ0n) is 12.6. The molecule has 120 valence electrons. The van der Waals surface area contributed by atoms with Gasteiger partial charge in [0, 0.05) is 30.3 Å². The van der Waals surface area contributed by atoms with E-state index in [1.54, 1.807) is 12.3 Å². The molecule has 0 unspecified atom stereocenters. The minimum atomic E-state index is -0.538. The van der Waals surface area contributed by atoms with Gasteiger partial charge in [-0.1, -0.05) is 15.9 Å². The van der Waals surface area contributed by atoms with Crippen LogP contribution in [0.2, 0.25) is 0 Å². The maximum Gasteiger partial charge on any atom is 0.254 e. The van der Waals surface area contributed by atoms with Crippen LogP contribution in [0.15, 0.2) is 41.0 Å². The molecule has 6 heteroatoms. The van der Waals surface area contributed by atoms with Crippen molar-refractivity contribution in [3.05, 3.63) is 57.9 Å². The third-order valence-electron chi connectivity index (χ3n) is 3.87. The lowest BCUT2D eigenvalue weighted by Crippen LogP contribution is -2.24. The first-order valence-electron chi connectivity index (χ1n) is 7.56. The van der Waals surface area contributed by atoms with Gasteiger partial charge in [-0.05, 0) is 48.7 Å². The highest BCUT2D eigenvalue weighted by Crippen LogP contribution is 2.19. The Balaban J connectivity index is 1.65. The quantitative estimate of drug-likeness (QED) is 0.886. The summed E-state index contributed by atoms with van der Waals surface area (Å²) in [4.78, 5) is 18.7. The van der Waals surface area contributed by atoms with Crippen LogP contribution in [0, 0.1) is 5.82 Å². The number of carbonyl (C=O) groups excluding carboxylic acids is 1. The summed E-state index contributed by atoms with van der Waals surface area (Å²) < 4.78 is 14.4. The van der Waals surface area contributed by atoms with E-state index in [2.05, 4.69) is 31.1 Å². The maximum atomic E-state index is 13.8. The smallest absolute Gasteiger partial charge is 0.254 e. The fourth-order valence-corrected chi connectivity index (χ4v) is 2.97. The Kier molecular flexibility index (Phi) is 4.91. The van der Waals surface area contributed by atoms with Gasteiger partial charge in [-0.2, -0.15) is 0 Å². The zero-order chi connectivity index (χ0) is 16.2. The Morgan fingerprint density at radius 3 is 2.78 bits per heavy atom. The summed E-state index contributed by atoms with van der Waals surface area (Å²) in [5.41, 5.74) is 0.995. The largest absolute Gasteiger partial charge is 0.357 e. The number of rotatable bonds is 4. The number of hydrogen-bond donors (Lipinski definition) is 1. The van der Waals surface area contributed by atoms with Crippen molar-refractivity contribution in [2.45, 2.75) is 19.4 Å². The molecule has 1 aliphatic rings. The molecular weight excluding hydrogens is 361 g/mol. The van der Waals surface area contributed by atoms with Gasteiger partial charge >= 0.3 is 0 Å². The molecule has 0 bridgehead atoms. The van der Waals surface area contributed by atoms with Gasteiger partial charge in [-0.15, -0.1) is 0 Å². The molecule has 1 aromatic heterocycles. The monoisotopic (exact) mass is 377 g/mol. The first kappa shape index (κ1) is 15.9. The molecule has 1 aliphatic heterocycles. The van der Waals surface area contributed by atoms with Crippen molar-refractivity contribution in [1.82, 2.24) is 10.3 Å². The number of carbonyl (C=O) groups is 1. The third-order valence-corrected chi connectivity index (χ3v) is 4.36. The number of nitrogens with one attached hydrogen (secondary N) is 1. The van der Waals surface area contributed by atoms with E-state index in [1.165, 1.54) is 25.0 Å². The highest BCUT2D eigenvalue weighted by Gasteiger charge is 2.14. The topological polar surface area (TPSA) is 45.2 Å². The molecule has 0 atom stereocenters. The van der Waals surface area contributed by atoms with Crippen LogP contribution in [-0.4, -0.2) is 24.0 Å². The van der Waals surface area contributed by atoms with Crippen LogP contribution >= 0.6 is 15.9 Å². The fraction of sp³-hybridized carbons (Fsp3) is 0.294. The van der Waals surface area contributed by atoms with Crippen LogP contribution < -0.4 is 10.2 Å². The second-order valence-electron chi connectivity index (χ2n) is 5.52. The molecule has 0 saturated carbocycles. The lowest BCUT2D eigenvalue weighted by molar-refractivity contribution is 0.0947. The lowest BCUT2D eigenvalue weighted by atomic mass is 10.2. The van der Waals surface area contributed by atoms with Crippen molar-refractivity contribution in [1.29, 1.82) is 0 Å². The average molecular weight is 378 g/mol. The van der Waals surface area contributed by atoms with Crippen molar-refractivity contribution in [2.24, 2.45) is 0 Å². The zero-order valence-corrected chi connectivity index (χ0v) is 14.1. The van der Waals surface area contributed by atoms with E-state index >= 15 is 0 Å². The van der Waals surface area contributed by atoms with Crippen molar-refractivity contribution < 1.29 is 9.18 Å². The second kappa shape index (κ2) is 7.08. The first-order chi connectivity index (χ1) is 11.1. The number of hydrogen-bond acceptors (Lipinski definition) is 3. The predicted octanol–water partition coefficient (Wildman–Crippen LogP) is 3.51. The Labute approximate surface area is 142 Å². The van der Waals surface area contributed by atoms with Crippen LogP contribution in [-0.2, 0) is 6.54 Å². The minimum Gasteiger partial charge on any atom is -0.357 e. The molecule has 0 spiro atoms. The van der Waals surface area contributed by atoms with E-state index in [9.17, 15) is 9.18 Å². The van der Waals surface area contributed by atoms with Crippen molar-refractivity contribution in [2.75, 3.05) is 18.0 Å². The van der Waals surface area contributed by atoms with Crippen molar-refractivity contribution in [3.8, 4) is 0 Å². The summed E-state index contributed by atoms with van der Waals surface area (Å²) >= 11 is 3.18. The van der Waals surface area contributed by atoms with Gasteiger partial charge in [0.15, 0.2) is 0 Å². The lowest BCUT2D eigenvalue weighted by Gasteiger charge is -2.17. The Hall–Kier alpha value is -1.95. The molecule has 2 heterocycles. The molecule has 1 amide bonds. The summed E-state index contributed by atoms with van der Waals surface area (Å²) in [6, 6.07) is 8.24. The number of nitrogens with zero attached hydrogens (tertiary/aromatic N) is 2. The van der Waals surface area contributed by atoms with Gasteiger partial charge in [0.2, 0.25) is 0 Å². The summed E-state index contributed by atoms with van der Waals surface area (Å²) in [5, 5.41) is 2.75. The number of anilines is 1. The van der Waals surface area contributed by atoms with Gasteiger partial charge in [-0.3, -0.25) is 4.79 Å². The Morgan fingerprint density at radius 1 is 1.26 bits per heavy atom. The summed E-state index contributed by atoms with van der Waals surface area (Å²) in [6.45, 7) is 2.39. The Morgan fingerprint density at radius 2 is 2.04 bits per heavy atom. The van der Waals surface area contributed by atoms with E-state index in [0.717, 1.165) is 24.5 Å². The van der Waals surface area contributed by atoms with Gasteiger partial charge in [0.25, 0.3) is 5.91 Å². The molecule has 1 fully saturated rings. The number of aromatic nitrogens is 1. The van der Waals surface area contributed by atoms with E-state index in [4.69, 9.17) is 0 Å². The summed E-state index contributed by atoms with van der Waals surface area (Å²) in [7, 11) is 0. The molecule has 23 heavy (non-hydrogen) atoms. The number of pyridine rings is 1.